The molecule has 0 fully saturated rings. The van der Waals surface area contributed by atoms with E-state index >= 15 is 0 Å². The predicted molar refractivity (Wildman–Crippen MR) is 259 cm³/mol. The zero-order chi connectivity index (χ0) is 40.7. The molecule has 13 rings (SSSR count). The molecule has 2 aliphatic rings. The van der Waals surface area contributed by atoms with Gasteiger partial charge in [0, 0.05) is 44.3 Å². The Kier molecular flexibility index (Phi) is 7.67. The molecular weight excluding hydrogens is 753 g/mol. The molecule has 0 bridgehead atoms. The van der Waals surface area contributed by atoms with Crippen LogP contribution in [-0.2, 0) is 0 Å². The van der Waals surface area contributed by atoms with Crippen molar-refractivity contribution in [2.24, 2.45) is 5.92 Å². The minimum absolute atomic E-state index is 0.302. The molecule has 2 aromatic heterocycles. The molecule has 11 aromatic rings. The van der Waals surface area contributed by atoms with Crippen LogP contribution in [0.5, 0.6) is 0 Å². The van der Waals surface area contributed by atoms with E-state index in [9.17, 15) is 0 Å². The fraction of sp³-hybridized carbons (Fsp3) is 0.0169. The van der Waals surface area contributed by atoms with Gasteiger partial charge in [0.05, 0.1) is 28.1 Å². The summed E-state index contributed by atoms with van der Waals surface area (Å²) in [4.78, 5) is 2.55. The third-order valence-electron chi connectivity index (χ3n) is 12.9. The lowest BCUT2D eigenvalue weighted by Crippen LogP contribution is -2.20. The molecule has 0 saturated heterocycles. The SMILES string of the molecule is C1=C(c2cccc3cccc(-c4ccccc4)c23)C(N(c2ccccc2-c2ccc3c(c2)oc2ccccc23)c2cccc3c2c2ccccc2n3-c2ccccc2)=CC2=C[C@H]12. The highest BCUT2D eigenvalue weighted by Crippen LogP contribution is 2.52. The van der Waals surface area contributed by atoms with E-state index in [0.717, 1.165) is 61.3 Å². The zero-order valence-corrected chi connectivity index (χ0v) is 33.7. The van der Waals surface area contributed by atoms with Crippen molar-refractivity contribution in [3.63, 3.8) is 0 Å². The maximum atomic E-state index is 6.51. The van der Waals surface area contributed by atoms with E-state index in [1.807, 2.05) is 6.07 Å². The van der Waals surface area contributed by atoms with Gasteiger partial charge >= 0.3 is 0 Å². The first-order valence-electron chi connectivity index (χ1n) is 21.4. The van der Waals surface area contributed by atoms with Crippen molar-refractivity contribution in [1.29, 1.82) is 0 Å². The highest BCUT2D eigenvalue weighted by Gasteiger charge is 2.34. The number of furan rings is 1. The Bertz CT molecular complexity index is 3690. The first kappa shape index (κ1) is 34.7. The second-order valence-electron chi connectivity index (χ2n) is 16.4. The quantitative estimate of drug-likeness (QED) is 0.160. The Balaban J connectivity index is 1.11. The lowest BCUT2D eigenvalue weighted by atomic mass is 9.87. The fourth-order valence-electron chi connectivity index (χ4n) is 10.0. The molecule has 0 amide bonds. The molecule has 0 radical (unpaired) electrons. The molecule has 290 valence electrons. The van der Waals surface area contributed by atoms with Crippen LogP contribution in [0.3, 0.4) is 0 Å². The summed E-state index contributed by atoms with van der Waals surface area (Å²) < 4.78 is 8.92. The molecule has 0 aliphatic heterocycles. The normalized spacial score (nSPS) is 14.6. The Hall–Kier alpha value is -8.14. The van der Waals surface area contributed by atoms with Crippen LogP contribution in [0.2, 0.25) is 0 Å². The third-order valence-corrected chi connectivity index (χ3v) is 12.9. The van der Waals surface area contributed by atoms with E-state index in [2.05, 4.69) is 228 Å². The zero-order valence-electron chi connectivity index (χ0n) is 33.7. The van der Waals surface area contributed by atoms with Crippen LogP contribution in [0, 0.1) is 5.92 Å². The molecule has 2 aliphatic carbocycles. The number of aromatic nitrogens is 1. The van der Waals surface area contributed by atoms with Crippen LogP contribution in [-0.4, -0.2) is 4.57 Å². The maximum Gasteiger partial charge on any atom is 0.136 e. The highest BCUT2D eigenvalue weighted by atomic mass is 16.3. The van der Waals surface area contributed by atoms with Crippen LogP contribution >= 0.6 is 0 Å². The number of allylic oxidation sites excluding steroid dienone is 5. The summed E-state index contributed by atoms with van der Waals surface area (Å²) in [5, 5.41) is 7.13. The van der Waals surface area contributed by atoms with Crippen molar-refractivity contribution in [3.05, 3.63) is 241 Å². The lowest BCUT2D eigenvalue weighted by Gasteiger charge is -2.34. The van der Waals surface area contributed by atoms with Gasteiger partial charge < -0.3 is 13.9 Å². The number of rotatable bonds is 7. The molecule has 0 spiro atoms. The Morgan fingerprint density at radius 3 is 1.97 bits per heavy atom. The highest BCUT2D eigenvalue weighted by molar-refractivity contribution is 6.18. The first-order chi connectivity index (χ1) is 30.8. The summed E-state index contributed by atoms with van der Waals surface area (Å²) in [6.07, 6.45) is 7.32. The summed E-state index contributed by atoms with van der Waals surface area (Å²) in [5.41, 5.74) is 17.0. The van der Waals surface area contributed by atoms with Gasteiger partial charge in [-0.05, 0) is 99.3 Å². The van der Waals surface area contributed by atoms with Gasteiger partial charge in [0.1, 0.15) is 11.2 Å². The van der Waals surface area contributed by atoms with Gasteiger partial charge in [-0.2, -0.15) is 0 Å². The number of hydrogen-bond acceptors (Lipinski definition) is 2. The summed E-state index contributed by atoms with van der Waals surface area (Å²) in [7, 11) is 0. The van der Waals surface area contributed by atoms with Gasteiger partial charge in [0.15, 0.2) is 0 Å². The second-order valence-corrected chi connectivity index (χ2v) is 16.4. The first-order valence-corrected chi connectivity index (χ1v) is 21.4. The molecule has 0 N–H and O–H groups in total. The molecule has 62 heavy (non-hydrogen) atoms. The van der Waals surface area contributed by atoms with Crippen molar-refractivity contribution in [1.82, 2.24) is 4.57 Å². The van der Waals surface area contributed by atoms with Gasteiger partial charge in [-0.15, -0.1) is 0 Å². The molecule has 0 unspecified atom stereocenters. The van der Waals surface area contributed by atoms with E-state index < -0.39 is 0 Å². The minimum Gasteiger partial charge on any atom is -0.456 e. The van der Waals surface area contributed by atoms with Crippen molar-refractivity contribution in [2.45, 2.75) is 0 Å². The molecule has 0 saturated carbocycles. The van der Waals surface area contributed by atoms with E-state index in [4.69, 9.17) is 4.42 Å². The number of fused-ring (bicyclic) bond motifs is 8. The number of para-hydroxylation sites is 4. The summed E-state index contributed by atoms with van der Waals surface area (Å²) in [6.45, 7) is 0. The number of nitrogens with zero attached hydrogens (tertiary/aromatic N) is 2. The van der Waals surface area contributed by atoms with Gasteiger partial charge in [0.2, 0.25) is 0 Å². The molecule has 2 heterocycles. The van der Waals surface area contributed by atoms with Gasteiger partial charge in [0.25, 0.3) is 0 Å². The average molecular weight is 791 g/mol. The summed E-state index contributed by atoms with van der Waals surface area (Å²) >= 11 is 0. The van der Waals surface area contributed by atoms with Gasteiger partial charge in [-0.1, -0.05) is 164 Å². The number of anilines is 2. The van der Waals surface area contributed by atoms with E-state index in [-0.39, 0.29) is 0 Å². The maximum absolute atomic E-state index is 6.51. The minimum atomic E-state index is 0.302. The Labute approximate surface area is 359 Å². The third kappa shape index (κ3) is 5.38. The largest absolute Gasteiger partial charge is 0.456 e. The average Bonchev–Trinajstić information content (AvgIpc) is 3.88. The molecule has 3 nitrogen and oxygen atoms in total. The molecular formula is C59H38N2O. The van der Waals surface area contributed by atoms with Gasteiger partial charge in [-0.25, -0.2) is 0 Å². The van der Waals surface area contributed by atoms with Crippen LogP contribution in [0.25, 0.3) is 88.0 Å². The van der Waals surface area contributed by atoms with Crippen molar-refractivity contribution >= 4 is 71.5 Å². The monoisotopic (exact) mass is 790 g/mol. The van der Waals surface area contributed by atoms with Gasteiger partial charge in [-0.3, -0.25) is 0 Å². The predicted octanol–water partition coefficient (Wildman–Crippen LogP) is 15.8. The fourth-order valence-corrected chi connectivity index (χ4v) is 10.0. The van der Waals surface area contributed by atoms with E-state index in [1.54, 1.807) is 0 Å². The lowest BCUT2D eigenvalue weighted by molar-refractivity contribution is 0.669. The number of benzene rings is 9. The van der Waals surface area contributed by atoms with Crippen LogP contribution in [0.15, 0.2) is 240 Å². The molecule has 3 heteroatoms. The molecule has 9 aromatic carbocycles. The Morgan fingerprint density at radius 1 is 0.435 bits per heavy atom. The second kappa shape index (κ2) is 13.7. The van der Waals surface area contributed by atoms with Crippen molar-refractivity contribution < 1.29 is 4.42 Å². The Morgan fingerprint density at radius 2 is 1.10 bits per heavy atom. The van der Waals surface area contributed by atoms with Crippen LogP contribution < -0.4 is 4.90 Å². The number of hydrogen-bond donors (Lipinski definition) is 0. The summed E-state index contributed by atoms with van der Waals surface area (Å²) in [5.74, 6) is 0.302. The van der Waals surface area contributed by atoms with Crippen LogP contribution in [0.1, 0.15) is 5.56 Å². The van der Waals surface area contributed by atoms with Crippen molar-refractivity contribution in [2.75, 3.05) is 4.90 Å². The van der Waals surface area contributed by atoms with E-state index in [1.165, 1.54) is 54.9 Å². The topological polar surface area (TPSA) is 21.3 Å². The standard InChI is InChI=1S/C59H38N2O/c1-3-16-38(17-4-1)45-25-13-18-39-19-14-26-48(58(39)45)50-35-41-34-42(41)36-55(50)61(51-27-10-7-22-44(51)40-32-33-47-46-23-9-12-31-56(46)62-57(47)37-40)54-30-15-29-53-59(54)49-24-8-11-28-52(49)60(53)43-20-5-2-6-21-43/h1-37,41H/t41-/m1/s1. The van der Waals surface area contributed by atoms with E-state index in [0.29, 0.717) is 5.92 Å². The molecule has 1 atom stereocenters. The summed E-state index contributed by atoms with van der Waals surface area (Å²) in [6, 6.07) is 74.6. The smallest absolute Gasteiger partial charge is 0.136 e. The van der Waals surface area contributed by atoms with Crippen LogP contribution in [0.4, 0.5) is 11.4 Å². The van der Waals surface area contributed by atoms with Crippen molar-refractivity contribution in [3.8, 4) is 27.9 Å².